The number of benzene rings is 2. The predicted molar refractivity (Wildman–Crippen MR) is 102 cm³/mol. The largest absolute Gasteiger partial charge is 0.354 e. The van der Waals surface area contributed by atoms with E-state index in [0.29, 0.717) is 6.54 Å². The van der Waals surface area contributed by atoms with Gasteiger partial charge in [-0.2, -0.15) is 0 Å². The first-order valence-electron chi connectivity index (χ1n) is 9.00. The Morgan fingerprint density at radius 3 is 2.23 bits per heavy atom. The quantitative estimate of drug-likeness (QED) is 0.787. The van der Waals surface area contributed by atoms with E-state index in [1.54, 1.807) is 6.92 Å². The highest BCUT2D eigenvalue weighted by Gasteiger charge is 2.36. The maximum atomic E-state index is 12.8. The van der Waals surface area contributed by atoms with Crippen LogP contribution < -0.4 is 16.4 Å². The molecule has 1 aliphatic rings. The molecular weight excluding hydrogens is 326 g/mol. The predicted octanol–water partition coefficient (Wildman–Crippen LogP) is 1.91. The Bertz CT molecular complexity index is 746. The lowest BCUT2D eigenvalue weighted by atomic mass is 9.82. The summed E-state index contributed by atoms with van der Waals surface area (Å²) in [6.07, 6.45) is 0.761. The van der Waals surface area contributed by atoms with Crippen molar-refractivity contribution in [2.75, 3.05) is 6.54 Å². The Morgan fingerprint density at radius 2 is 1.65 bits per heavy atom. The van der Waals surface area contributed by atoms with Crippen LogP contribution >= 0.6 is 0 Å². The summed E-state index contributed by atoms with van der Waals surface area (Å²) in [4.78, 5) is 24.9. The summed E-state index contributed by atoms with van der Waals surface area (Å²) in [6.45, 7) is 2.17. The first kappa shape index (κ1) is 18.1. The van der Waals surface area contributed by atoms with Crippen LogP contribution in [0.25, 0.3) is 0 Å². The Hall–Kier alpha value is -2.66. The van der Waals surface area contributed by atoms with E-state index in [1.807, 2.05) is 48.5 Å². The van der Waals surface area contributed by atoms with E-state index >= 15 is 0 Å². The lowest BCUT2D eigenvalue weighted by molar-refractivity contribution is -0.129. The van der Waals surface area contributed by atoms with Gasteiger partial charge in [-0.3, -0.25) is 9.59 Å². The van der Waals surface area contributed by atoms with Crippen molar-refractivity contribution in [2.45, 2.75) is 37.3 Å². The van der Waals surface area contributed by atoms with Crippen LogP contribution in [-0.2, 0) is 9.59 Å². The van der Waals surface area contributed by atoms with Gasteiger partial charge in [-0.15, -0.1) is 0 Å². The van der Waals surface area contributed by atoms with E-state index in [1.165, 1.54) is 5.56 Å². The van der Waals surface area contributed by atoms with Gasteiger partial charge in [-0.25, -0.2) is 0 Å². The van der Waals surface area contributed by atoms with Crippen molar-refractivity contribution in [1.82, 2.24) is 10.6 Å². The first-order valence-corrected chi connectivity index (χ1v) is 9.00. The molecule has 1 aliphatic heterocycles. The van der Waals surface area contributed by atoms with Crippen LogP contribution in [0.2, 0.25) is 0 Å². The standard InChI is InChI=1S/C21H25N3O2/c1-14(22)20(25)24-19-18(16-10-6-3-7-11-16)12-17(13-23-21(19)26)15-8-4-2-5-9-15/h2-11,14,17-19H,12-13,22H2,1H3,(H,23,26)(H,24,25)/t14-,17+,18-,19-/m0/s1. The van der Waals surface area contributed by atoms with Gasteiger partial charge in [0.15, 0.2) is 0 Å². The van der Waals surface area contributed by atoms with Gasteiger partial charge in [0, 0.05) is 18.4 Å². The van der Waals surface area contributed by atoms with Crippen molar-refractivity contribution in [3.05, 3.63) is 71.8 Å². The minimum Gasteiger partial charge on any atom is -0.354 e. The third-order valence-electron chi connectivity index (χ3n) is 4.96. The summed E-state index contributed by atoms with van der Waals surface area (Å²) in [5.74, 6) is -0.412. The van der Waals surface area contributed by atoms with E-state index < -0.39 is 12.1 Å². The van der Waals surface area contributed by atoms with Gasteiger partial charge in [-0.1, -0.05) is 60.7 Å². The molecule has 1 saturated heterocycles. The molecule has 2 amide bonds. The molecule has 1 heterocycles. The second kappa shape index (κ2) is 8.15. The summed E-state index contributed by atoms with van der Waals surface area (Å²) in [6, 6.07) is 18.8. The zero-order valence-corrected chi connectivity index (χ0v) is 14.9. The molecule has 0 saturated carbocycles. The monoisotopic (exact) mass is 351 g/mol. The number of hydrogen-bond acceptors (Lipinski definition) is 3. The Kier molecular flexibility index (Phi) is 5.68. The van der Waals surface area contributed by atoms with Crippen molar-refractivity contribution >= 4 is 11.8 Å². The third kappa shape index (κ3) is 4.11. The summed E-state index contributed by atoms with van der Waals surface area (Å²) >= 11 is 0. The van der Waals surface area contributed by atoms with Crippen LogP contribution in [0.1, 0.15) is 36.3 Å². The van der Waals surface area contributed by atoms with Crippen LogP contribution in [0, 0.1) is 0 Å². The zero-order chi connectivity index (χ0) is 18.5. The van der Waals surface area contributed by atoms with Crippen LogP contribution in [0.3, 0.4) is 0 Å². The second-order valence-electron chi connectivity index (χ2n) is 6.88. The zero-order valence-electron chi connectivity index (χ0n) is 14.9. The normalized spacial score (nSPS) is 24.2. The van der Waals surface area contributed by atoms with Gasteiger partial charge in [0.25, 0.3) is 0 Å². The molecule has 136 valence electrons. The van der Waals surface area contributed by atoms with Crippen LogP contribution in [0.5, 0.6) is 0 Å². The van der Waals surface area contributed by atoms with Gasteiger partial charge in [0.05, 0.1) is 6.04 Å². The van der Waals surface area contributed by atoms with Crippen molar-refractivity contribution in [3.8, 4) is 0 Å². The summed E-state index contributed by atoms with van der Waals surface area (Å²) in [5, 5.41) is 5.85. The number of rotatable bonds is 4. The summed E-state index contributed by atoms with van der Waals surface area (Å²) < 4.78 is 0. The molecule has 0 radical (unpaired) electrons. The fraction of sp³-hybridized carbons (Fsp3) is 0.333. The lowest BCUT2D eigenvalue weighted by Gasteiger charge is -2.27. The third-order valence-corrected chi connectivity index (χ3v) is 4.96. The molecule has 2 aromatic carbocycles. The van der Waals surface area contributed by atoms with Crippen LogP contribution in [0.4, 0.5) is 0 Å². The van der Waals surface area contributed by atoms with Gasteiger partial charge < -0.3 is 16.4 Å². The first-order chi connectivity index (χ1) is 12.6. The highest BCUT2D eigenvalue weighted by Crippen LogP contribution is 2.34. The Labute approximate surface area is 154 Å². The molecule has 5 nitrogen and oxygen atoms in total. The average molecular weight is 351 g/mol. The number of amides is 2. The molecule has 26 heavy (non-hydrogen) atoms. The fourth-order valence-electron chi connectivity index (χ4n) is 3.50. The number of nitrogens with two attached hydrogens (primary N) is 1. The SMILES string of the molecule is C[C@H](N)C(=O)N[C@@H]1C(=O)NC[C@H](c2ccccc2)C[C@H]1c1ccccc1. The maximum absolute atomic E-state index is 12.8. The number of nitrogens with one attached hydrogen (secondary N) is 2. The van der Waals surface area contributed by atoms with E-state index in [9.17, 15) is 9.59 Å². The molecule has 0 bridgehead atoms. The molecule has 1 fully saturated rings. The van der Waals surface area contributed by atoms with Crippen LogP contribution in [-0.4, -0.2) is 30.4 Å². The molecule has 0 aliphatic carbocycles. The lowest BCUT2D eigenvalue weighted by Crippen LogP contribution is -2.52. The molecule has 5 heteroatoms. The fourth-order valence-corrected chi connectivity index (χ4v) is 3.50. The Morgan fingerprint density at radius 1 is 1.08 bits per heavy atom. The van der Waals surface area contributed by atoms with Gasteiger partial charge in [0.1, 0.15) is 6.04 Å². The smallest absolute Gasteiger partial charge is 0.243 e. The average Bonchev–Trinajstić information content (AvgIpc) is 2.83. The molecular formula is C21H25N3O2. The molecule has 0 aromatic heterocycles. The van der Waals surface area contributed by atoms with Crippen molar-refractivity contribution in [2.24, 2.45) is 5.73 Å². The van der Waals surface area contributed by atoms with Gasteiger partial charge in [0.2, 0.25) is 11.8 Å². The highest BCUT2D eigenvalue weighted by atomic mass is 16.2. The molecule has 4 atom stereocenters. The minimum absolute atomic E-state index is 0.119. The number of hydrogen-bond donors (Lipinski definition) is 3. The van der Waals surface area contributed by atoms with Crippen molar-refractivity contribution in [3.63, 3.8) is 0 Å². The van der Waals surface area contributed by atoms with E-state index in [2.05, 4.69) is 22.8 Å². The number of carbonyl (C=O) groups is 2. The number of carbonyl (C=O) groups excluding carboxylic acids is 2. The highest BCUT2D eigenvalue weighted by molar-refractivity contribution is 5.90. The molecule has 2 aromatic rings. The Balaban J connectivity index is 1.94. The second-order valence-corrected chi connectivity index (χ2v) is 6.88. The van der Waals surface area contributed by atoms with Gasteiger partial charge in [-0.05, 0) is 24.5 Å². The molecule has 4 N–H and O–H groups in total. The minimum atomic E-state index is -0.660. The van der Waals surface area contributed by atoms with Crippen molar-refractivity contribution < 1.29 is 9.59 Å². The van der Waals surface area contributed by atoms with Crippen molar-refractivity contribution in [1.29, 1.82) is 0 Å². The van der Waals surface area contributed by atoms with E-state index in [4.69, 9.17) is 5.73 Å². The van der Waals surface area contributed by atoms with Crippen LogP contribution in [0.15, 0.2) is 60.7 Å². The molecule has 3 rings (SSSR count). The molecule has 0 spiro atoms. The topological polar surface area (TPSA) is 84.2 Å². The van der Waals surface area contributed by atoms with Gasteiger partial charge >= 0.3 is 0 Å². The maximum Gasteiger partial charge on any atom is 0.243 e. The summed E-state index contributed by atoms with van der Waals surface area (Å²) in [7, 11) is 0. The summed E-state index contributed by atoms with van der Waals surface area (Å²) in [5.41, 5.74) is 7.93. The van der Waals surface area contributed by atoms with E-state index in [-0.39, 0.29) is 23.7 Å². The van der Waals surface area contributed by atoms with E-state index in [0.717, 1.165) is 12.0 Å². The molecule has 0 unspecified atom stereocenters.